The van der Waals surface area contributed by atoms with Gasteiger partial charge in [-0.25, -0.2) is 0 Å². The number of rotatable bonds is 3. The maximum atomic E-state index is 11.8. The van der Waals surface area contributed by atoms with Crippen LogP contribution in [0.1, 0.15) is 27.7 Å². The highest BCUT2D eigenvalue weighted by Crippen LogP contribution is 2.15. The summed E-state index contributed by atoms with van der Waals surface area (Å²) in [7, 11) is 0. The van der Waals surface area contributed by atoms with E-state index < -0.39 is 0 Å². The molecule has 1 aromatic rings. The van der Waals surface area contributed by atoms with E-state index in [1.807, 2.05) is 52.0 Å². The molecule has 2 N–H and O–H groups in total. The number of carbonyl (C=O) groups is 1. The van der Waals surface area contributed by atoms with Crippen molar-refractivity contribution in [1.82, 2.24) is 5.32 Å². The minimum Gasteiger partial charge on any atom is -0.374 e. The van der Waals surface area contributed by atoms with Crippen LogP contribution in [0, 0.1) is 0 Å². The summed E-state index contributed by atoms with van der Waals surface area (Å²) in [5, 5.41) is 6.10. The lowest BCUT2D eigenvalue weighted by atomic mass is 10.1. The molecule has 0 fully saturated rings. The summed E-state index contributed by atoms with van der Waals surface area (Å²) >= 11 is 3.37. The van der Waals surface area contributed by atoms with Crippen molar-refractivity contribution >= 4 is 27.5 Å². The van der Waals surface area contributed by atoms with Gasteiger partial charge in [0.05, 0.1) is 0 Å². The molecule has 0 unspecified atom stereocenters. The Labute approximate surface area is 111 Å². The highest BCUT2D eigenvalue weighted by molar-refractivity contribution is 9.10. The number of hydrogen-bond donors (Lipinski definition) is 2. The zero-order valence-electron chi connectivity index (χ0n) is 10.7. The Kier molecular flexibility index (Phi) is 4.57. The summed E-state index contributed by atoms with van der Waals surface area (Å²) in [6.45, 7) is 7.76. The second-order valence-electron chi connectivity index (χ2n) is 5.11. The van der Waals surface area contributed by atoms with Gasteiger partial charge in [-0.1, -0.05) is 15.9 Å². The Morgan fingerprint density at radius 2 is 1.76 bits per heavy atom. The third kappa shape index (κ3) is 5.22. The monoisotopic (exact) mass is 298 g/mol. The van der Waals surface area contributed by atoms with Crippen molar-refractivity contribution in [2.24, 2.45) is 0 Å². The average molecular weight is 299 g/mol. The van der Waals surface area contributed by atoms with Gasteiger partial charge >= 0.3 is 0 Å². The maximum Gasteiger partial charge on any atom is 0.242 e. The maximum absolute atomic E-state index is 11.8. The van der Waals surface area contributed by atoms with Gasteiger partial charge in [0, 0.05) is 15.7 Å². The highest BCUT2D eigenvalue weighted by Gasteiger charge is 2.18. The normalized spacial score (nSPS) is 13.0. The molecule has 3 nitrogen and oxygen atoms in total. The Morgan fingerprint density at radius 3 is 2.24 bits per heavy atom. The van der Waals surface area contributed by atoms with E-state index in [1.165, 1.54) is 0 Å². The van der Waals surface area contributed by atoms with Gasteiger partial charge < -0.3 is 10.6 Å². The molecule has 0 heterocycles. The molecule has 0 bridgehead atoms. The summed E-state index contributed by atoms with van der Waals surface area (Å²) in [5.74, 6) is 0.000388. The number of benzene rings is 1. The van der Waals surface area contributed by atoms with Crippen molar-refractivity contribution in [3.05, 3.63) is 28.7 Å². The van der Waals surface area contributed by atoms with Gasteiger partial charge in [0.25, 0.3) is 0 Å². The number of carbonyl (C=O) groups excluding carboxylic acids is 1. The van der Waals surface area contributed by atoms with E-state index in [0.717, 1.165) is 10.2 Å². The molecule has 1 aromatic carbocycles. The predicted octanol–water partition coefficient (Wildman–Crippen LogP) is 3.16. The quantitative estimate of drug-likeness (QED) is 0.900. The molecular weight excluding hydrogens is 280 g/mol. The van der Waals surface area contributed by atoms with Crippen molar-refractivity contribution in [3.8, 4) is 0 Å². The van der Waals surface area contributed by atoms with Crippen LogP contribution >= 0.6 is 15.9 Å². The third-order valence-electron chi connectivity index (χ3n) is 2.12. The molecule has 0 saturated heterocycles. The van der Waals surface area contributed by atoms with E-state index in [9.17, 15) is 4.79 Å². The highest BCUT2D eigenvalue weighted by atomic mass is 79.9. The molecule has 0 aromatic heterocycles. The van der Waals surface area contributed by atoms with Gasteiger partial charge in [-0.3, -0.25) is 4.79 Å². The fourth-order valence-electron chi connectivity index (χ4n) is 1.34. The van der Waals surface area contributed by atoms with Crippen molar-refractivity contribution in [1.29, 1.82) is 0 Å². The number of halogens is 1. The second kappa shape index (κ2) is 5.54. The molecule has 17 heavy (non-hydrogen) atoms. The van der Waals surface area contributed by atoms with Crippen LogP contribution in [0.4, 0.5) is 5.69 Å². The van der Waals surface area contributed by atoms with E-state index in [0.29, 0.717) is 0 Å². The molecule has 0 aliphatic heterocycles. The number of hydrogen-bond acceptors (Lipinski definition) is 2. The van der Waals surface area contributed by atoms with E-state index in [1.54, 1.807) is 0 Å². The summed E-state index contributed by atoms with van der Waals surface area (Å²) in [6.07, 6.45) is 0. The number of anilines is 1. The van der Waals surface area contributed by atoms with Gasteiger partial charge in [-0.15, -0.1) is 0 Å². The molecule has 1 atom stereocenters. The molecular formula is C13H19BrN2O. The summed E-state index contributed by atoms with van der Waals surface area (Å²) in [4.78, 5) is 11.8. The second-order valence-corrected chi connectivity index (χ2v) is 6.03. The first-order valence-corrected chi connectivity index (χ1v) is 6.41. The first-order chi connectivity index (χ1) is 7.78. The van der Waals surface area contributed by atoms with Crippen LogP contribution in [-0.2, 0) is 4.79 Å². The Hall–Kier alpha value is -1.03. The van der Waals surface area contributed by atoms with Crippen LogP contribution < -0.4 is 10.6 Å². The van der Waals surface area contributed by atoms with Gasteiger partial charge in [-0.2, -0.15) is 0 Å². The van der Waals surface area contributed by atoms with Gasteiger partial charge in [-0.05, 0) is 52.0 Å². The van der Waals surface area contributed by atoms with E-state index in [2.05, 4.69) is 26.6 Å². The summed E-state index contributed by atoms with van der Waals surface area (Å²) in [6, 6.07) is 7.50. The lowest BCUT2D eigenvalue weighted by Crippen LogP contribution is -2.47. The fourth-order valence-corrected chi connectivity index (χ4v) is 1.60. The number of nitrogens with one attached hydrogen (secondary N) is 2. The average Bonchev–Trinajstić information content (AvgIpc) is 2.19. The summed E-state index contributed by atoms with van der Waals surface area (Å²) < 4.78 is 1.02. The van der Waals surface area contributed by atoms with Crippen molar-refractivity contribution in [2.75, 3.05) is 5.32 Å². The molecule has 1 rings (SSSR count). The lowest BCUT2D eigenvalue weighted by molar-refractivity contribution is -0.122. The Balaban J connectivity index is 2.57. The standard InChI is InChI=1S/C13H19BrN2O/c1-9(12(17)16-13(2,3)4)15-11-7-5-10(14)6-8-11/h5-9,15H,1-4H3,(H,16,17)/t9-/m0/s1. The van der Waals surface area contributed by atoms with E-state index in [4.69, 9.17) is 0 Å². The van der Waals surface area contributed by atoms with Crippen molar-refractivity contribution < 1.29 is 4.79 Å². The molecule has 4 heteroatoms. The summed E-state index contributed by atoms with van der Waals surface area (Å²) in [5.41, 5.74) is 0.733. The van der Waals surface area contributed by atoms with Crippen LogP contribution in [0.2, 0.25) is 0 Å². The Bertz CT molecular complexity index is 381. The van der Waals surface area contributed by atoms with Crippen LogP contribution in [0.3, 0.4) is 0 Å². The lowest BCUT2D eigenvalue weighted by Gasteiger charge is -2.24. The minimum absolute atomic E-state index is 0.000388. The van der Waals surface area contributed by atoms with Gasteiger partial charge in [0.15, 0.2) is 0 Å². The first-order valence-electron chi connectivity index (χ1n) is 5.62. The van der Waals surface area contributed by atoms with E-state index in [-0.39, 0.29) is 17.5 Å². The number of amides is 1. The molecule has 0 radical (unpaired) electrons. The van der Waals surface area contributed by atoms with Crippen molar-refractivity contribution in [3.63, 3.8) is 0 Å². The SMILES string of the molecule is C[C@H](Nc1ccc(Br)cc1)C(=O)NC(C)(C)C. The topological polar surface area (TPSA) is 41.1 Å². The zero-order valence-corrected chi connectivity index (χ0v) is 12.3. The fraction of sp³-hybridized carbons (Fsp3) is 0.462. The first kappa shape index (κ1) is 14.0. The molecule has 1 amide bonds. The molecule has 0 aliphatic carbocycles. The van der Waals surface area contributed by atoms with Crippen LogP contribution in [0.15, 0.2) is 28.7 Å². The molecule has 0 spiro atoms. The van der Waals surface area contributed by atoms with Crippen LogP contribution in [0.5, 0.6) is 0 Å². The largest absolute Gasteiger partial charge is 0.374 e. The van der Waals surface area contributed by atoms with Gasteiger partial charge in [0.2, 0.25) is 5.91 Å². The molecule has 0 saturated carbocycles. The predicted molar refractivity (Wildman–Crippen MR) is 75.1 cm³/mol. The van der Waals surface area contributed by atoms with Crippen molar-refractivity contribution in [2.45, 2.75) is 39.3 Å². The van der Waals surface area contributed by atoms with Gasteiger partial charge in [0.1, 0.15) is 6.04 Å². The Morgan fingerprint density at radius 1 is 1.24 bits per heavy atom. The molecule has 94 valence electrons. The van der Waals surface area contributed by atoms with E-state index >= 15 is 0 Å². The zero-order chi connectivity index (χ0) is 13.1. The minimum atomic E-state index is -0.254. The van der Waals surface area contributed by atoms with Crippen LogP contribution in [-0.4, -0.2) is 17.5 Å². The molecule has 0 aliphatic rings. The third-order valence-corrected chi connectivity index (χ3v) is 2.65. The van der Waals surface area contributed by atoms with Crippen LogP contribution in [0.25, 0.3) is 0 Å². The smallest absolute Gasteiger partial charge is 0.242 e.